The summed E-state index contributed by atoms with van der Waals surface area (Å²) in [7, 11) is -3.99. The maximum atomic E-state index is 13.7. The number of carbonyl (C=O) groups excluding carboxylic acids is 1. The molecule has 1 fully saturated rings. The molecule has 3 heterocycles. The van der Waals surface area contributed by atoms with E-state index < -0.39 is 43.8 Å². The van der Waals surface area contributed by atoms with Gasteiger partial charge in [-0.2, -0.15) is 0 Å². The van der Waals surface area contributed by atoms with Gasteiger partial charge in [0.15, 0.2) is 22.1 Å². The monoisotopic (exact) mass is 645 g/mol. The Kier molecular flexibility index (Phi) is 11.7. The summed E-state index contributed by atoms with van der Waals surface area (Å²) in [6.45, 7) is 3.99. The Hall–Kier alpha value is -1.97. The lowest BCUT2D eigenvalue weighted by molar-refractivity contribution is -0.119. The standard InChI is InChI=1S/C25H33ClN5O8PS.CH4/c1-24(2,13-32)23(34)41-10-9-37-40(36,30-11-16-7-5-4-6-8-16)38-12-17-19(33)25(3,35)22(39-17)31-15-29-18-20(26)27-14-28-21(18)31;/h4-8,14-15,17,19,22,32-33,35H,9-13H2,1-3H3,(H,30,36);1H4/t17-,19-,22-,25-,40?;/m1./s1. The Labute approximate surface area is 253 Å². The smallest absolute Gasteiger partial charge is 0.395 e. The number of aromatic nitrogens is 4. The van der Waals surface area contributed by atoms with Crippen LogP contribution in [-0.4, -0.2) is 83.3 Å². The molecule has 1 unspecified atom stereocenters. The van der Waals surface area contributed by atoms with Gasteiger partial charge in [-0.25, -0.2) is 24.6 Å². The maximum Gasteiger partial charge on any atom is 0.405 e. The second kappa shape index (κ2) is 14.2. The van der Waals surface area contributed by atoms with Crippen LogP contribution in [0.3, 0.4) is 0 Å². The van der Waals surface area contributed by atoms with Crippen molar-refractivity contribution in [2.75, 3.05) is 25.6 Å². The molecule has 5 atom stereocenters. The van der Waals surface area contributed by atoms with Crippen molar-refractivity contribution < 1.29 is 38.5 Å². The van der Waals surface area contributed by atoms with E-state index in [0.29, 0.717) is 11.2 Å². The highest BCUT2D eigenvalue weighted by Crippen LogP contribution is 2.47. The molecule has 1 saturated heterocycles. The van der Waals surface area contributed by atoms with Crippen LogP contribution >= 0.6 is 31.1 Å². The zero-order valence-corrected chi connectivity index (χ0v) is 25.2. The van der Waals surface area contributed by atoms with Crippen LogP contribution in [0, 0.1) is 5.41 Å². The minimum atomic E-state index is -3.99. The summed E-state index contributed by atoms with van der Waals surface area (Å²) in [4.78, 5) is 24.5. The van der Waals surface area contributed by atoms with Gasteiger partial charge < -0.3 is 20.1 Å². The van der Waals surface area contributed by atoms with Gasteiger partial charge in [-0.1, -0.05) is 61.1 Å². The van der Waals surface area contributed by atoms with E-state index >= 15 is 0 Å². The van der Waals surface area contributed by atoms with E-state index in [-0.39, 0.29) is 43.2 Å². The van der Waals surface area contributed by atoms with E-state index in [9.17, 15) is 24.7 Å². The van der Waals surface area contributed by atoms with Crippen LogP contribution in [-0.2, 0) is 29.7 Å². The van der Waals surface area contributed by atoms with Crippen LogP contribution in [0.15, 0.2) is 43.0 Å². The Balaban J connectivity index is 0.00000484. The Bertz CT molecular complexity index is 1400. The summed E-state index contributed by atoms with van der Waals surface area (Å²) < 4.78 is 32.4. The molecule has 0 aliphatic carbocycles. The molecule has 1 aliphatic rings. The molecule has 0 spiro atoms. The SMILES string of the molecule is C.CC(C)(CO)C(=O)SCCOP(=O)(NCc1ccccc1)OC[C@H]1O[C@@H](n2cnc3c(Cl)ncnc32)[C@](C)(O)[C@@H]1O. The first-order valence-electron chi connectivity index (χ1n) is 12.7. The van der Waals surface area contributed by atoms with Crippen molar-refractivity contribution in [2.24, 2.45) is 5.41 Å². The van der Waals surface area contributed by atoms with E-state index in [0.717, 1.165) is 17.3 Å². The minimum Gasteiger partial charge on any atom is -0.395 e. The van der Waals surface area contributed by atoms with Gasteiger partial charge in [0.05, 0.1) is 31.6 Å². The van der Waals surface area contributed by atoms with E-state index in [1.165, 1.54) is 24.1 Å². The molecule has 1 aromatic carbocycles. The van der Waals surface area contributed by atoms with Gasteiger partial charge in [-0.05, 0) is 26.3 Å². The number of nitrogens with zero attached hydrogens (tertiary/aromatic N) is 4. The molecule has 0 saturated carbocycles. The summed E-state index contributed by atoms with van der Waals surface area (Å²) in [5.74, 6) is 0.167. The van der Waals surface area contributed by atoms with Gasteiger partial charge in [0, 0.05) is 12.3 Å². The highest BCUT2D eigenvalue weighted by Gasteiger charge is 2.54. The van der Waals surface area contributed by atoms with Gasteiger partial charge >= 0.3 is 7.75 Å². The van der Waals surface area contributed by atoms with Crippen molar-refractivity contribution in [1.29, 1.82) is 0 Å². The fourth-order valence-electron chi connectivity index (χ4n) is 4.01. The molecule has 0 bridgehead atoms. The molecule has 1 aliphatic heterocycles. The largest absolute Gasteiger partial charge is 0.405 e. The predicted molar refractivity (Wildman–Crippen MR) is 159 cm³/mol. The number of carbonyl (C=O) groups is 1. The van der Waals surface area contributed by atoms with Crippen LogP contribution in [0.25, 0.3) is 11.2 Å². The van der Waals surface area contributed by atoms with Crippen LogP contribution in [0.4, 0.5) is 0 Å². The Morgan fingerprint density at radius 3 is 2.67 bits per heavy atom. The third-order valence-corrected chi connectivity index (χ3v) is 9.59. The fourth-order valence-corrected chi connectivity index (χ4v) is 6.42. The third kappa shape index (κ3) is 7.75. The number of hydrogen-bond acceptors (Lipinski definition) is 12. The van der Waals surface area contributed by atoms with E-state index in [2.05, 4.69) is 20.0 Å². The van der Waals surface area contributed by atoms with E-state index in [1.54, 1.807) is 13.8 Å². The van der Waals surface area contributed by atoms with Crippen molar-refractivity contribution in [3.8, 4) is 0 Å². The highest BCUT2D eigenvalue weighted by atomic mass is 35.5. The first-order chi connectivity index (χ1) is 19.4. The topological polar surface area (TPSA) is 178 Å². The molecular formula is C26H37ClN5O8PS. The molecular weight excluding hydrogens is 609 g/mol. The van der Waals surface area contributed by atoms with Crippen molar-refractivity contribution in [3.63, 3.8) is 0 Å². The summed E-state index contributed by atoms with van der Waals surface area (Å²) >= 11 is 7.05. The molecule has 13 nitrogen and oxygen atoms in total. The first-order valence-corrected chi connectivity index (χ1v) is 15.6. The lowest BCUT2D eigenvalue weighted by Crippen LogP contribution is -2.44. The van der Waals surface area contributed by atoms with Crippen molar-refractivity contribution in [1.82, 2.24) is 24.6 Å². The lowest BCUT2D eigenvalue weighted by atomic mass is 9.96. The average molecular weight is 646 g/mol. The first kappa shape index (κ1) is 34.5. The number of benzene rings is 1. The quantitative estimate of drug-likeness (QED) is 0.121. The van der Waals surface area contributed by atoms with Gasteiger partial charge in [0.2, 0.25) is 0 Å². The number of aliphatic hydroxyl groups is 3. The molecule has 16 heteroatoms. The lowest BCUT2D eigenvalue weighted by Gasteiger charge is -2.27. The number of aliphatic hydroxyl groups excluding tert-OH is 2. The number of ether oxygens (including phenoxy) is 1. The second-order valence-corrected chi connectivity index (χ2v) is 13.6. The molecule has 42 heavy (non-hydrogen) atoms. The highest BCUT2D eigenvalue weighted by molar-refractivity contribution is 8.13. The maximum absolute atomic E-state index is 13.7. The number of rotatable bonds is 13. The van der Waals surface area contributed by atoms with Crippen LogP contribution in [0.5, 0.6) is 0 Å². The molecule has 0 radical (unpaired) electrons. The fraction of sp³-hybridized carbons (Fsp3) is 0.538. The number of nitrogens with one attached hydrogen (secondary N) is 1. The van der Waals surface area contributed by atoms with E-state index in [1.807, 2.05) is 30.3 Å². The number of fused-ring (bicyclic) bond motifs is 1. The minimum absolute atomic E-state index is 0. The number of thioether (sulfide) groups is 1. The van der Waals surface area contributed by atoms with Gasteiger partial charge in [0.25, 0.3) is 0 Å². The normalized spacial score (nSPS) is 23.9. The average Bonchev–Trinajstić information content (AvgIpc) is 3.48. The van der Waals surface area contributed by atoms with Gasteiger partial charge in [-0.3, -0.25) is 18.4 Å². The van der Waals surface area contributed by atoms with Gasteiger partial charge in [-0.15, -0.1) is 0 Å². The summed E-state index contributed by atoms with van der Waals surface area (Å²) in [5.41, 5.74) is -1.32. The Morgan fingerprint density at radius 2 is 1.98 bits per heavy atom. The molecule has 0 amide bonds. The molecule has 4 rings (SSSR count). The van der Waals surface area contributed by atoms with Crippen LogP contribution < -0.4 is 5.09 Å². The molecule has 3 aromatic rings. The third-order valence-electron chi connectivity index (χ3n) is 6.58. The van der Waals surface area contributed by atoms with Crippen molar-refractivity contribution in [3.05, 3.63) is 53.7 Å². The zero-order chi connectivity index (χ0) is 29.8. The molecule has 2 aromatic heterocycles. The van der Waals surface area contributed by atoms with Crippen molar-refractivity contribution in [2.45, 2.75) is 58.8 Å². The number of hydrogen-bond donors (Lipinski definition) is 4. The summed E-state index contributed by atoms with van der Waals surface area (Å²) in [5, 5.41) is 34.2. The predicted octanol–water partition coefficient (Wildman–Crippen LogP) is 3.33. The Morgan fingerprint density at radius 1 is 1.26 bits per heavy atom. The van der Waals surface area contributed by atoms with Crippen LogP contribution in [0.1, 0.15) is 40.0 Å². The summed E-state index contributed by atoms with van der Waals surface area (Å²) in [6, 6.07) is 9.18. The van der Waals surface area contributed by atoms with E-state index in [4.69, 9.17) is 25.4 Å². The van der Waals surface area contributed by atoms with Crippen LogP contribution in [0.2, 0.25) is 5.15 Å². The summed E-state index contributed by atoms with van der Waals surface area (Å²) in [6.07, 6.45) is -1.07. The van der Waals surface area contributed by atoms with Gasteiger partial charge in [0.1, 0.15) is 29.7 Å². The zero-order valence-electron chi connectivity index (χ0n) is 22.7. The second-order valence-electron chi connectivity index (χ2n) is 10.3. The van der Waals surface area contributed by atoms with Crippen molar-refractivity contribution >= 4 is 47.4 Å². The number of halogens is 1. The molecule has 4 N–H and O–H groups in total. The number of imidazole rings is 1. The molecule has 232 valence electrons.